The Hall–Kier alpha value is -3.53. The van der Waals surface area contributed by atoms with Crippen molar-refractivity contribution in [3.63, 3.8) is 0 Å². The lowest BCUT2D eigenvalue weighted by molar-refractivity contribution is 0.414. The van der Waals surface area contributed by atoms with Crippen molar-refractivity contribution in [2.45, 2.75) is 13.8 Å². The Morgan fingerprint density at radius 3 is 2.04 bits per heavy atom. The predicted octanol–water partition coefficient (Wildman–Crippen LogP) is 6.10. The van der Waals surface area contributed by atoms with Crippen molar-refractivity contribution in [3.05, 3.63) is 96.3 Å². The number of nitrogens with zero attached hydrogens (tertiary/aromatic N) is 1. The standard InChI is InChI=1S/C24H23NO3/c1-18-9-11-22(12-10-18)27-17-19(2)24(25-20-7-5-4-6-8-20)28-23-15-13-21(26-3)14-16-23/h4-17H,1-3H3/b19-17+,25-24-. The average Bonchev–Trinajstić information content (AvgIpc) is 2.74. The summed E-state index contributed by atoms with van der Waals surface area (Å²) in [6, 6.07) is 24.9. The molecule has 0 aliphatic rings. The van der Waals surface area contributed by atoms with Crippen molar-refractivity contribution >= 4 is 11.6 Å². The summed E-state index contributed by atoms with van der Waals surface area (Å²) < 4.78 is 17.0. The van der Waals surface area contributed by atoms with Gasteiger partial charge in [-0.2, -0.15) is 0 Å². The molecule has 0 saturated carbocycles. The maximum Gasteiger partial charge on any atom is 0.225 e. The molecule has 0 bridgehead atoms. The van der Waals surface area contributed by atoms with Crippen molar-refractivity contribution in [1.29, 1.82) is 0 Å². The fourth-order valence-corrected chi connectivity index (χ4v) is 2.39. The fraction of sp³-hybridized carbons (Fsp3) is 0.125. The largest absolute Gasteiger partial charge is 0.497 e. The van der Waals surface area contributed by atoms with Gasteiger partial charge in [-0.15, -0.1) is 0 Å². The maximum absolute atomic E-state index is 6.03. The lowest BCUT2D eigenvalue weighted by atomic mass is 10.2. The van der Waals surface area contributed by atoms with E-state index >= 15 is 0 Å². The van der Waals surface area contributed by atoms with Crippen LogP contribution >= 0.6 is 0 Å². The lowest BCUT2D eigenvalue weighted by Gasteiger charge is -2.11. The second kappa shape index (κ2) is 9.42. The van der Waals surface area contributed by atoms with E-state index in [9.17, 15) is 0 Å². The molecule has 0 amide bonds. The molecule has 0 aliphatic carbocycles. The van der Waals surface area contributed by atoms with E-state index < -0.39 is 0 Å². The van der Waals surface area contributed by atoms with Crippen LogP contribution in [0.15, 0.2) is 95.7 Å². The van der Waals surface area contributed by atoms with Gasteiger partial charge in [-0.3, -0.25) is 0 Å². The summed E-state index contributed by atoms with van der Waals surface area (Å²) in [5.41, 5.74) is 2.75. The van der Waals surface area contributed by atoms with E-state index in [4.69, 9.17) is 14.2 Å². The van der Waals surface area contributed by atoms with Crippen molar-refractivity contribution in [1.82, 2.24) is 0 Å². The fourth-order valence-electron chi connectivity index (χ4n) is 2.39. The SMILES string of the molecule is COc1ccc(OC(=N\c2ccccc2)/C(C)=C/Oc2ccc(C)cc2)cc1. The Bertz CT molecular complexity index is 943. The van der Waals surface area contributed by atoms with Crippen molar-refractivity contribution in [2.24, 2.45) is 4.99 Å². The molecule has 0 heterocycles. The number of aryl methyl sites for hydroxylation is 1. The van der Waals surface area contributed by atoms with Crippen LogP contribution < -0.4 is 14.2 Å². The van der Waals surface area contributed by atoms with Crippen LogP contribution in [0.5, 0.6) is 17.2 Å². The topological polar surface area (TPSA) is 40.0 Å². The smallest absolute Gasteiger partial charge is 0.225 e. The van der Waals surface area contributed by atoms with Gasteiger partial charge in [0.15, 0.2) is 0 Å². The third kappa shape index (κ3) is 5.48. The van der Waals surface area contributed by atoms with Gasteiger partial charge >= 0.3 is 0 Å². The summed E-state index contributed by atoms with van der Waals surface area (Å²) in [7, 11) is 1.63. The van der Waals surface area contributed by atoms with E-state index in [0.29, 0.717) is 11.6 Å². The van der Waals surface area contributed by atoms with Gasteiger partial charge < -0.3 is 14.2 Å². The van der Waals surface area contributed by atoms with Crippen LogP contribution in [0.25, 0.3) is 0 Å². The molecule has 3 aromatic carbocycles. The summed E-state index contributed by atoms with van der Waals surface area (Å²) >= 11 is 0. The Kier molecular flexibility index (Phi) is 6.47. The Morgan fingerprint density at radius 2 is 1.39 bits per heavy atom. The molecule has 3 aromatic rings. The molecule has 0 aliphatic heterocycles. The molecule has 28 heavy (non-hydrogen) atoms. The summed E-state index contributed by atoms with van der Waals surface area (Å²) in [5, 5.41) is 0. The molecule has 0 aromatic heterocycles. The monoisotopic (exact) mass is 373 g/mol. The van der Waals surface area contributed by atoms with Crippen LogP contribution in [0, 0.1) is 6.92 Å². The molecule has 0 saturated heterocycles. The van der Waals surface area contributed by atoms with Gasteiger partial charge in [-0.1, -0.05) is 35.9 Å². The van der Waals surface area contributed by atoms with Gasteiger partial charge in [0.05, 0.1) is 19.1 Å². The summed E-state index contributed by atoms with van der Waals surface area (Å²) in [5.74, 6) is 2.65. The molecule has 0 atom stereocenters. The van der Waals surface area contributed by atoms with E-state index in [1.807, 2.05) is 92.7 Å². The van der Waals surface area contributed by atoms with E-state index in [1.165, 1.54) is 5.56 Å². The Labute approximate surface area is 165 Å². The first kappa shape index (κ1) is 19.2. The zero-order valence-corrected chi connectivity index (χ0v) is 16.3. The van der Waals surface area contributed by atoms with Gasteiger partial charge in [0.2, 0.25) is 5.90 Å². The molecular weight excluding hydrogens is 350 g/mol. The van der Waals surface area contributed by atoms with Crippen LogP contribution in [-0.4, -0.2) is 13.0 Å². The van der Waals surface area contributed by atoms with Crippen LogP contribution in [0.1, 0.15) is 12.5 Å². The summed E-state index contributed by atoms with van der Waals surface area (Å²) in [6.07, 6.45) is 1.65. The first-order chi connectivity index (χ1) is 13.6. The van der Waals surface area contributed by atoms with Gasteiger partial charge in [-0.05, 0) is 62.4 Å². The highest BCUT2D eigenvalue weighted by molar-refractivity contribution is 5.96. The van der Waals surface area contributed by atoms with Crippen molar-refractivity contribution in [3.8, 4) is 17.2 Å². The van der Waals surface area contributed by atoms with Crippen LogP contribution in [0.2, 0.25) is 0 Å². The molecule has 3 rings (SSSR count). The predicted molar refractivity (Wildman–Crippen MR) is 113 cm³/mol. The van der Waals surface area contributed by atoms with Gasteiger partial charge in [0, 0.05) is 5.57 Å². The van der Waals surface area contributed by atoms with Crippen LogP contribution in [0.4, 0.5) is 5.69 Å². The van der Waals surface area contributed by atoms with E-state index in [1.54, 1.807) is 13.4 Å². The van der Waals surface area contributed by atoms with E-state index in [-0.39, 0.29) is 0 Å². The molecule has 4 nitrogen and oxygen atoms in total. The molecule has 0 fully saturated rings. The molecular formula is C24H23NO3. The number of benzene rings is 3. The van der Waals surface area contributed by atoms with Crippen molar-refractivity contribution < 1.29 is 14.2 Å². The quantitative estimate of drug-likeness (QED) is 0.298. The number of aliphatic imine (C=N–C) groups is 1. The number of ether oxygens (including phenoxy) is 3. The van der Waals surface area contributed by atoms with E-state index in [2.05, 4.69) is 4.99 Å². The minimum atomic E-state index is 0.462. The molecule has 4 heteroatoms. The maximum atomic E-state index is 6.03. The average molecular weight is 373 g/mol. The van der Waals surface area contributed by atoms with Gasteiger partial charge in [-0.25, -0.2) is 4.99 Å². The summed E-state index contributed by atoms with van der Waals surface area (Å²) in [6.45, 7) is 3.94. The number of hydrogen-bond acceptors (Lipinski definition) is 4. The molecule has 0 spiro atoms. The number of methoxy groups -OCH3 is 1. The first-order valence-corrected chi connectivity index (χ1v) is 9.00. The van der Waals surface area contributed by atoms with Crippen LogP contribution in [0.3, 0.4) is 0 Å². The minimum absolute atomic E-state index is 0.462. The molecule has 0 N–H and O–H groups in total. The first-order valence-electron chi connectivity index (χ1n) is 9.00. The highest BCUT2D eigenvalue weighted by atomic mass is 16.5. The highest BCUT2D eigenvalue weighted by Gasteiger charge is 2.08. The van der Waals surface area contributed by atoms with E-state index in [0.717, 1.165) is 22.8 Å². The number of hydrogen-bond donors (Lipinski definition) is 0. The van der Waals surface area contributed by atoms with Gasteiger partial charge in [0.25, 0.3) is 0 Å². The minimum Gasteiger partial charge on any atom is -0.497 e. The zero-order valence-electron chi connectivity index (χ0n) is 16.3. The molecule has 0 radical (unpaired) electrons. The van der Waals surface area contributed by atoms with Crippen molar-refractivity contribution in [2.75, 3.05) is 7.11 Å². The number of rotatable bonds is 6. The second-order valence-corrected chi connectivity index (χ2v) is 6.26. The molecule has 0 unspecified atom stereocenters. The Balaban J connectivity index is 1.84. The zero-order chi connectivity index (χ0) is 19.8. The lowest BCUT2D eigenvalue weighted by Crippen LogP contribution is -2.11. The third-order valence-corrected chi connectivity index (χ3v) is 3.99. The highest BCUT2D eigenvalue weighted by Crippen LogP contribution is 2.21. The van der Waals surface area contributed by atoms with Gasteiger partial charge in [0.1, 0.15) is 17.2 Å². The molecule has 142 valence electrons. The van der Waals surface area contributed by atoms with Crippen LogP contribution in [-0.2, 0) is 0 Å². The Morgan fingerprint density at radius 1 is 0.786 bits per heavy atom. The normalized spacial score (nSPS) is 11.8. The summed E-state index contributed by atoms with van der Waals surface area (Å²) in [4.78, 5) is 4.64. The third-order valence-electron chi connectivity index (χ3n) is 3.99. The second-order valence-electron chi connectivity index (χ2n) is 6.26. The number of para-hydroxylation sites is 1.